The molecule has 0 fully saturated rings. The van der Waals surface area contributed by atoms with Crippen LogP contribution in [0.2, 0.25) is 0 Å². The molecule has 0 amide bonds. The van der Waals surface area contributed by atoms with E-state index in [9.17, 15) is 9.50 Å². The molecule has 14 heavy (non-hydrogen) atoms. The Morgan fingerprint density at radius 3 is 2.79 bits per heavy atom. The van der Waals surface area contributed by atoms with E-state index < -0.39 is 6.10 Å². The van der Waals surface area contributed by atoms with Gasteiger partial charge in [-0.15, -0.1) is 0 Å². The molecule has 0 aliphatic carbocycles. The van der Waals surface area contributed by atoms with Crippen LogP contribution < -0.4 is 5.73 Å². The van der Waals surface area contributed by atoms with E-state index in [4.69, 9.17) is 5.73 Å². The van der Waals surface area contributed by atoms with Crippen LogP contribution in [0.5, 0.6) is 0 Å². The Kier molecular flexibility index (Phi) is 4.04. The summed E-state index contributed by atoms with van der Waals surface area (Å²) in [4.78, 5) is 0. The van der Waals surface area contributed by atoms with Gasteiger partial charge in [-0.25, -0.2) is 4.39 Å². The smallest absolute Gasteiger partial charge is 0.126 e. The maximum absolute atomic E-state index is 13.3. The molecule has 0 saturated heterocycles. The molecule has 2 nitrogen and oxygen atoms in total. The molecule has 0 aromatic heterocycles. The lowest BCUT2D eigenvalue weighted by atomic mass is 10.0. The van der Waals surface area contributed by atoms with Crippen LogP contribution in [-0.4, -0.2) is 17.8 Å². The molecule has 3 heteroatoms. The van der Waals surface area contributed by atoms with Crippen LogP contribution in [0.25, 0.3) is 0 Å². The van der Waals surface area contributed by atoms with E-state index in [0.717, 1.165) is 5.56 Å². The minimum atomic E-state index is -0.532. The average molecular weight is 197 g/mol. The third kappa shape index (κ3) is 3.09. The molecule has 0 radical (unpaired) electrons. The van der Waals surface area contributed by atoms with E-state index in [1.54, 1.807) is 6.07 Å². The quantitative estimate of drug-likeness (QED) is 0.766. The van der Waals surface area contributed by atoms with Crippen LogP contribution in [0.4, 0.5) is 4.39 Å². The predicted octanol–water partition coefficient (Wildman–Crippen LogP) is 1.39. The van der Waals surface area contributed by atoms with Crippen molar-refractivity contribution in [3.05, 3.63) is 35.1 Å². The Labute approximate surface area is 83.6 Å². The molecule has 0 aliphatic heterocycles. The van der Waals surface area contributed by atoms with Gasteiger partial charge < -0.3 is 10.8 Å². The summed E-state index contributed by atoms with van der Waals surface area (Å²) in [7, 11) is 0. The van der Waals surface area contributed by atoms with Gasteiger partial charge in [0.2, 0.25) is 0 Å². The molecule has 78 valence electrons. The first kappa shape index (κ1) is 11.1. The fourth-order valence-corrected chi connectivity index (χ4v) is 1.30. The average Bonchev–Trinajstić information content (AvgIpc) is 2.16. The Morgan fingerprint density at radius 1 is 1.50 bits per heavy atom. The fraction of sp³-hybridized carbons (Fsp3) is 0.455. The molecule has 1 aromatic carbocycles. The Hall–Kier alpha value is -0.930. The fourth-order valence-electron chi connectivity index (χ4n) is 1.30. The van der Waals surface area contributed by atoms with Crippen molar-refractivity contribution in [3.63, 3.8) is 0 Å². The van der Waals surface area contributed by atoms with Crippen LogP contribution in [0.15, 0.2) is 18.2 Å². The van der Waals surface area contributed by atoms with Crippen molar-refractivity contribution in [1.29, 1.82) is 0 Å². The molecule has 1 aromatic rings. The van der Waals surface area contributed by atoms with Gasteiger partial charge in [0.05, 0.1) is 6.10 Å². The van der Waals surface area contributed by atoms with Crippen LogP contribution in [0.3, 0.4) is 0 Å². The van der Waals surface area contributed by atoms with Gasteiger partial charge in [-0.3, -0.25) is 0 Å². The van der Waals surface area contributed by atoms with E-state index in [-0.39, 0.29) is 12.4 Å². The highest BCUT2D eigenvalue weighted by molar-refractivity contribution is 5.23. The second-order valence-corrected chi connectivity index (χ2v) is 3.52. The molecule has 1 atom stereocenters. The van der Waals surface area contributed by atoms with Crippen molar-refractivity contribution in [2.45, 2.75) is 25.9 Å². The zero-order chi connectivity index (χ0) is 10.6. The SMILES string of the molecule is Cc1ccc(CCC(O)CN)c(F)c1. The second-order valence-electron chi connectivity index (χ2n) is 3.52. The highest BCUT2D eigenvalue weighted by Crippen LogP contribution is 2.12. The van der Waals surface area contributed by atoms with E-state index >= 15 is 0 Å². The number of aryl methyl sites for hydroxylation is 2. The molecular weight excluding hydrogens is 181 g/mol. The maximum atomic E-state index is 13.3. The first-order valence-corrected chi connectivity index (χ1v) is 4.76. The zero-order valence-electron chi connectivity index (χ0n) is 8.33. The zero-order valence-corrected chi connectivity index (χ0v) is 8.33. The third-order valence-electron chi connectivity index (χ3n) is 2.23. The molecule has 0 aliphatic rings. The van der Waals surface area contributed by atoms with Gasteiger partial charge in [0.15, 0.2) is 0 Å². The van der Waals surface area contributed by atoms with Crippen molar-refractivity contribution >= 4 is 0 Å². The lowest BCUT2D eigenvalue weighted by molar-refractivity contribution is 0.173. The van der Waals surface area contributed by atoms with Crippen molar-refractivity contribution < 1.29 is 9.50 Å². The first-order chi connectivity index (χ1) is 6.63. The van der Waals surface area contributed by atoms with Gasteiger partial charge in [-0.05, 0) is 37.0 Å². The Balaban J connectivity index is 2.59. The van der Waals surface area contributed by atoms with Gasteiger partial charge in [0, 0.05) is 6.54 Å². The predicted molar refractivity (Wildman–Crippen MR) is 54.5 cm³/mol. The van der Waals surface area contributed by atoms with Crippen LogP contribution >= 0.6 is 0 Å². The minimum Gasteiger partial charge on any atom is -0.392 e. The van der Waals surface area contributed by atoms with E-state index in [2.05, 4.69) is 0 Å². The number of aliphatic hydroxyl groups is 1. The van der Waals surface area contributed by atoms with Gasteiger partial charge >= 0.3 is 0 Å². The first-order valence-electron chi connectivity index (χ1n) is 4.76. The van der Waals surface area contributed by atoms with E-state index in [1.165, 1.54) is 6.07 Å². The summed E-state index contributed by atoms with van der Waals surface area (Å²) >= 11 is 0. The number of nitrogens with two attached hydrogens (primary N) is 1. The number of benzene rings is 1. The van der Waals surface area contributed by atoms with Crippen LogP contribution in [0, 0.1) is 12.7 Å². The van der Waals surface area contributed by atoms with Gasteiger partial charge in [-0.2, -0.15) is 0 Å². The molecule has 3 N–H and O–H groups in total. The summed E-state index contributed by atoms with van der Waals surface area (Å²) in [5.74, 6) is -0.200. The van der Waals surface area contributed by atoms with Crippen molar-refractivity contribution in [2.24, 2.45) is 5.73 Å². The minimum absolute atomic E-state index is 0.200. The molecule has 1 unspecified atom stereocenters. The maximum Gasteiger partial charge on any atom is 0.126 e. The highest BCUT2D eigenvalue weighted by atomic mass is 19.1. The molecule has 0 heterocycles. The molecule has 1 rings (SSSR count). The van der Waals surface area contributed by atoms with Gasteiger partial charge in [-0.1, -0.05) is 12.1 Å². The normalized spacial score (nSPS) is 12.9. The molecule has 0 saturated carbocycles. The molecule has 0 bridgehead atoms. The second kappa shape index (κ2) is 5.08. The monoisotopic (exact) mass is 197 g/mol. The van der Waals surface area contributed by atoms with Crippen LogP contribution in [-0.2, 0) is 6.42 Å². The lowest BCUT2D eigenvalue weighted by Gasteiger charge is -2.08. The third-order valence-corrected chi connectivity index (χ3v) is 2.23. The number of aliphatic hydroxyl groups excluding tert-OH is 1. The van der Waals surface area contributed by atoms with E-state index in [1.807, 2.05) is 13.0 Å². The summed E-state index contributed by atoms with van der Waals surface area (Å²) in [5, 5.41) is 9.22. The van der Waals surface area contributed by atoms with Gasteiger partial charge in [0.1, 0.15) is 5.82 Å². The van der Waals surface area contributed by atoms with E-state index in [0.29, 0.717) is 18.4 Å². The topological polar surface area (TPSA) is 46.2 Å². The standard InChI is InChI=1S/C11H16FNO/c1-8-2-3-9(11(12)6-8)4-5-10(14)7-13/h2-3,6,10,14H,4-5,7,13H2,1H3. The lowest BCUT2D eigenvalue weighted by Crippen LogP contribution is -2.20. The highest BCUT2D eigenvalue weighted by Gasteiger charge is 2.05. The van der Waals surface area contributed by atoms with Crippen molar-refractivity contribution in [3.8, 4) is 0 Å². The largest absolute Gasteiger partial charge is 0.392 e. The summed E-state index contributed by atoms with van der Waals surface area (Å²) in [6.45, 7) is 2.08. The Morgan fingerprint density at radius 2 is 2.21 bits per heavy atom. The summed E-state index contributed by atoms with van der Waals surface area (Å²) in [6, 6.07) is 5.13. The molecule has 0 spiro atoms. The van der Waals surface area contributed by atoms with Gasteiger partial charge in [0.25, 0.3) is 0 Å². The van der Waals surface area contributed by atoms with Crippen LogP contribution in [0.1, 0.15) is 17.5 Å². The summed E-state index contributed by atoms with van der Waals surface area (Å²) in [6.07, 6.45) is 0.511. The Bertz CT molecular complexity index is 301. The van der Waals surface area contributed by atoms with Crippen molar-refractivity contribution in [1.82, 2.24) is 0 Å². The number of halogens is 1. The number of rotatable bonds is 4. The van der Waals surface area contributed by atoms with Crippen molar-refractivity contribution in [2.75, 3.05) is 6.54 Å². The summed E-state index contributed by atoms with van der Waals surface area (Å²) in [5.41, 5.74) is 6.80. The number of hydrogen-bond acceptors (Lipinski definition) is 2. The summed E-state index contributed by atoms with van der Waals surface area (Å²) < 4.78 is 13.3. The molecular formula is C11H16FNO. The number of hydrogen-bond donors (Lipinski definition) is 2.